The number of aromatic hydroxyl groups is 1. The number of carbonyl (C=O) groups excluding carboxylic acids is 1. The molecule has 0 bridgehead atoms. The smallest absolute Gasteiger partial charge is 0.341 e. The van der Waals surface area contributed by atoms with E-state index in [4.69, 9.17) is 4.74 Å². The number of unbranched alkanes of at least 4 members (excludes halogenated alkanes) is 4. The van der Waals surface area contributed by atoms with Crippen LogP contribution >= 0.6 is 0 Å². The molecule has 1 aromatic carbocycles. The van der Waals surface area contributed by atoms with E-state index in [1.165, 1.54) is 38.5 Å². The van der Waals surface area contributed by atoms with Crippen molar-refractivity contribution < 1.29 is 19.4 Å². The highest BCUT2D eigenvalue weighted by Gasteiger charge is 2.11. The fourth-order valence-corrected chi connectivity index (χ4v) is 1.78. The molecule has 0 saturated heterocycles. The summed E-state index contributed by atoms with van der Waals surface area (Å²) < 4.78 is 10.1. The average molecular weight is 266 g/mol. The minimum atomic E-state index is -0.552. The molecule has 0 aromatic heterocycles. The molecule has 0 fully saturated rings. The Morgan fingerprint density at radius 1 is 1.21 bits per heavy atom. The van der Waals surface area contributed by atoms with Crippen LogP contribution in [-0.2, 0) is 4.74 Å². The van der Waals surface area contributed by atoms with Gasteiger partial charge in [-0.05, 0) is 18.6 Å². The van der Waals surface area contributed by atoms with Crippen LogP contribution in [-0.4, -0.2) is 24.8 Å². The number of carbonyl (C=O) groups is 1. The molecule has 1 aromatic rings. The lowest BCUT2D eigenvalue weighted by Gasteiger charge is -2.08. The monoisotopic (exact) mass is 266 g/mol. The molecule has 1 rings (SSSR count). The van der Waals surface area contributed by atoms with Crippen molar-refractivity contribution in [3.05, 3.63) is 23.8 Å². The zero-order valence-electron chi connectivity index (χ0n) is 11.6. The summed E-state index contributed by atoms with van der Waals surface area (Å²) in [7, 11) is 1.28. The lowest BCUT2D eigenvalue weighted by atomic mass is 10.1. The molecular formula is C15H22O4. The van der Waals surface area contributed by atoms with Crippen LogP contribution in [0.3, 0.4) is 0 Å². The molecular weight excluding hydrogens is 244 g/mol. The Labute approximate surface area is 114 Å². The summed E-state index contributed by atoms with van der Waals surface area (Å²) >= 11 is 0. The van der Waals surface area contributed by atoms with Gasteiger partial charge in [-0.3, -0.25) is 0 Å². The predicted octanol–water partition coefficient (Wildman–Crippen LogP) is 3.53. The molecule has 4 heteroatoms. The standard InChI is InChI=1S/C15H22O4/c1-3-4-5-6-7-10-19-12-8-9-13(14(16)11-12)15(17)18-2/h8-9,11,16H,3-7,10H2,1-2H3. The van der Waals surface area contributed by atoms with Crippen LogP contribution in [0.4, 0.5) is 0 Å². The van der Waals surface area contributed by atoms with Crippen LogP contribution in [0.2, 0.25) is 0 Å². The molecule has 0 aliphatic rings. The highest BCUT2D eigenvalue weighted by atomic mass is 16.5. The first-order valence-corrected chi connectivity index (χ1v) is 6.73. The third-order valence-electron chi connectivity index (χ3n) is 2.89. The van der Waals surface area contributed by atoms with Gasteiger partial charge in [0.1, 0.15) is 17.1 Å². The molecule has 0 aliphatic heterocycles. The summed E-state index contributed by atoms with van der Waals surface area (Å²) in [5.74, 6) is -0.0976. The third kappa shape index (κ3) is 5.20. The number of benzene rings is 1. The van der Waals surface area contributed by atoms with Crippen molar-refractivity contribution >= 4 is 5.97 Å². The minimum absolute atomic E-state index is 0.115. The van der Waals surface area contributed by atoms with E-state index in [0.29, 0.717) is 12.4 Å². The number of hydrogen-bond acceptors (Lipinski definition) is 4. The van der Waals surface area contributed by atoms with Gasteiger partial charge < -0.3 is 14.6 Å². The molecule has 106 valence electrons. The van der Waals surface area contributed by atoms with Crippen LogP contribution in [0.5, 0.6) is 11.5 Å². The van der Waals surface area contributed by atoms with E-state index in [1.54, 1.807) is 6.07 Å². The normalized spacial score (nSPS) is 10.2. The zero-order valence-corrected chi connectivity index (χ0v) is 11.6. The SMILES string of the molecule is CCCCCCCOc1ccc(C(=O)OC)c(O)c1. The van der Waals surface area contributed by atoms with Gasteiger partial charge in [-0.15, -0.1) is 0 Å². The van der Waals surface area contributed by atoms with E-state index in [0.717, 1.165) is 12.8 Å². The van der Waals surface area contributed by atoms with Gasteiger partial charge in [-0.1, -0.05) is 32.6 Å². The first-order valence-electron chi connectivity index (χ1n) is 6.73. The van der Waals surface area contributed by atoms with Gasteiger partial charge in [0.15, 0.2) is 0 Å². The molecule has 0 radical (unpaired) electrons. The molecule has 0 heterocycles. The van der Waals surface area contributed by atoms with E-state index in [-0.39, 0.29) is 11.3 Å². The van der Waals surface area contributed by atoms with Crippen LogP contribution < -0.4 is 4.74 Å². The number of hydrogen-bond donors (Lipinski definition) is 1. The number of methoxy groups -OCH3 is 1. The maximum atomic E-state index is 11.3. The Hall–Kier alpha value is -1.71. The molecule has 0 unspecified atom stereocenters. The Morgan fingerprint density at radius 2 is 1.95 bits per heavy atom. The Balaban J connectivity index is 2.39. The summed E-state index contributed by atoms with van der Waals surface area (Å²) in [5.41, 5.74) is 0.151. The van der Waals surface area contributed by atoms with Gasteiger partial charge in [-0.2, -0.15) is 0 Å². The number of rotatable bonds is 8. The van der Waals surface area contributed by atoms with Gasteiger partial charge in [-0.25, -0.2) is 4.79 Å². The number of phenols is 1. The topological polar surface area (TPSA) is 55.8 Å². The molecule has 19 heavy (non-hydrogen) atoms. The van der Waals surface area contributed by atoms with Crippen molar-refractivity contribution in [2.24, 2.45) is 0 Å². The van der Waals surface area contributed by atoms with Crippen molar-refractivity contribution in [1.29, 1.82) is 0 Å². The highest BCUT2D eigenvalue weighted by Crippen LogP contribution is 2.24. The van der Waals surface area contributed by atoms with Crippen molar-refractivity contribution in [3.63, 3.8) is 0 Å². The largest absolute Gasteiger partial charge is 0.507 e. The fraction of sp³-hybridized carbons (Fsp3) is 0.533. The molecule has 4 nitrogen and oxygen atoms in total. The first-order chi connectivity index (χ1) is 9.19. The van der Waals surface area contributed by atoms with E-state index in [2.05, 4.69) is 11.7 Å². The van der Waals surface area contributed by atoms with Crippen LogP contribution in [0.15, 0.2) is 18.2 Å². The summed E-state index contributed by atoms with van der Waals surface area (Å²) in [5, 5.41) is 9.68. The number of esters is 1. The second-order valence-electron chi connectivity index (χ2n) is 4.43. The molecule has 0 atom stereocenters. The maximum Gasteiger partial charge on any atom is 0.341 e. The summed E-state index contributed by atoms with van der Waals surface area (Å²) in [6.45, 7) is 2.81. The maximum absolute atomic E-state index is 11.3. The van der Waals surface area contributed by atoms with Crippen LogP contribution in [0, 0.1) is 0 Å². The predicted molar refractivity (Wildman–Crippen MR) is 73.7 cm³/mol. The number of phenolic OH excluding ortho intramolecular Hbond substituents is 1. The Morgan fingerprint density at radius 3 is 2.58 bits per heavy atom. The van der Waals surface area contributed by atoms with Gasteiger partial charge in [0.2, 0.25) is 0 Å². The summed E-state index contributed by atoms with van der Waals surface area (Å²) in [6, 6.07) is 4.61. The summed E-state index contributed by atoms with van der Waals surface area (Å²) in [6.07, 6.45) is 5.87. The molecule has 0 saturated carbocycles. The lowest BCUT2D eigenvalue weighted by Crippen LogP contribution is -2.02. The van der Waals surface area contributed by atoms with Gasteiger partial charge in [0, 0.05) is 6.07 Å². The van der Waals surface area contributed by atoms with E-state index < -0.39 is 5.97 Å². The molecule has 0 aliphatic carbocycles. The second kappa shape index (κ2) is 8.40. The fourth-order valence-electron chi connectivity index (χ4n) is 1.78. The van der Waals surface area contributed by atoms with Crippen molar-refractivity contribution in [2.75, 3.05) is 13.7 Å². The van der Waals surface area contributed by atoms with Crippen molar-refractivity contribution in [1.82, 2.24) is 0 Å². The van der Waals surface area contributed by atoms with Crippen molar-refractivity contribution in [2.45, 2.75) is 39.0 Å². The Bertz CT molecular complexity index is 401. The van der Waals surface area contributed by atoms with Gasteiger partial charge in [0.05, 0.1) is 13.7 Å². The highest BCUT2D eigenvalue weighted by molar-refractivity contribution is 5.92. The lowest BCUT2D eigenvalue weighted by molar-refractivity contribution is 0.0597. The summed E-state index contributed by atoms with van der Waals surface area (Å²) in [4.78, 5) is 11.3. The van der Waals surface area contributed by atoms with Gasteiger partial charge in [0.25, 0.3) is 0 Å². The molecule has 1 N–H and O–H groups in total. The Kier molecular flexibility index (Phi) is 6.79. The van der Waals surface area contributed by atoms with E-state index in [9.17, 15) is 9.90 Å². The quantitative estimate of drug-likeness (QED) is 0.577. The molecule has 0 amide bonds. The zero-order chi connectivity index (χ0) is 14.1. The molecule has 0 spiro atoms. The van der Waals surface area contributed by atoms with Crippen LogP contribution in [0.25, 0.3) is 0 Å². The van der Waals surface area contributed by atoms with Crippen LogP contribution in [0.1, 0.15) is 49.4 Å². The van der Waals surface area contributed by atoms with E-state index >= 15 is 0 Å². The van der Waals surface area contributed by atoms with Gasteiger partial charge >= 0.3 is 5.97 Å². The third-order valence-corrected chi connectivity index (χ3v) is 2.89. The minimum Gasteiger partial charge on any atom is -0.507 e. The second-order valence-corrected chi connectivity index (χ2v) is 4.43. The van der Waals surface area contributed by atoms with E-state index in [1.807, 2.05) is 0 Å². The number of ether oxygens (including phenoxy) is 2. The average Bonchev–Trinajstić information content (AvgIpc) is 2.42. The van der Waals surface area contributed by atoms with Crippen molar-refractivity contribution in [3.8, 4) is 11.5 Å². The first kappa shape index (κ1) is 15.3.